The van der Waals surface area contributed by atoms with Crippen molar-refractivity contribution in [3.8, 4) is 11.5 Å². The number of hydrogen-bond donors (Lipinski definition) is 3. The smallest absolute Gasteiger partial charge is 0.168 e. The van der Waals surface area contributed by atoms with Crippen LogP contribution >= 0.6 is 0 Å². The number of phenolic OH excluding ortho intramolecular Hbond substituents is 1. The Hall–Kier alpha value is -1.30. The first-order valence-electron chi connectivity index (χ1n) is 5.95. The Morgan fingerprint density at radius 3 is 2.83 bits per heavy atom. The fraction of sp³-hybridized carbons (Fsp3) is 0.538. The number of rotatable bonds is 4. The summed E-state index contributed by atoms with van der Waals surface area (Å²) in [5, 5.41) is 20.7. The molecule has 0 saturated heterocycles. The van der Waals surface area contributed by atoms with Gasteiger partial charge in [0, 0.05) is 12.7 Å². The van der Waals surface area contributed by atoms with E-state index in [1.54, 1.807) is 19.2 Å². The number of nitrogens with two attached hydrogens (primary N) is 1. The number of benzene rings is 1. The van der Waals surface area contributed by atoms with E-state index in [0.29, 0.717) is 24.3 Å². The van der Waals surface area contributed by atoms with Gasteiger partial charge in [0.1, 0.15) is 5.60 Å². The van der Waals surface area contributed by atoms with Crippen LogP contribution in [0, 0.1) is 6.92 Å². The summed E-state index contributed by atoms with van der Waals surface area (Å²) in [5.41, 5.74) is 5.87. The zero-order valence-electron chi connectivity index (χ0n) is 10.6. The number of ether oxygens (including phenoxy) is 2. The van der Waals surface area contributed by atoms with Gasteiger partial charge in [-0.2, -0.15) is 0 Å². The van der Waals surface area contributed by atoms with Gasteiger partial charge in [0.15, 0.2) is 17.6 Å². The van der Waals surface area contributed by atoms with E-state index in [-0.39, 0.29) is 12.4 Å². The van der Waals surface area contributed by atoms with Crippen molar-refractivity contribution in [1.29, 1.82) is 0 Å². The summed E-state index contributed by atoms with van der Waals surface area (Å²) in [4.78, 5) is 0. The summed E-state index contributed by atoms with van der Waals surface area (Å²) >= 11 is 0. The van der Waals surface area contributed by atoms with Crippen LogP contribution in [-0.4, -0.2) is 36.6 Å². The highest BCUT2D eigenvalue weighted by Gasteiger charge is 2.49. The highest BCUT2D eigenvalue weighted by molar-refractivity contribution is 5.55. The highest BCUT2D eigenvalue weighted by Crippen LogP contribution is 2.49. The van der Waals surface area contributed by atoms with Crippen LogP contribution in [0.5, 0.6) is 11.5 Å². The van der Waals surface area contributed by atoms with E-state index in [9.17, 15) is 10.2 Å². The molecule has 5 nitrogen and oxygen atoms in total. The predicted molar refractivity (Wildman–Crippen MR) is 66.7 cm³/mol. The topological polar surface area (TPSA) is 84.9 Å². The van der Waals surface area contributed by atoms with Crippen LogP contribution in [0.25, 0.3) is 0 Å². The molecule has 1 heterocycles. The molecule has 2 rings (SSSR count). The lowest BCUT2D eigenvalue weighted by molar-refractivity contribution is -0.0730. The molecule has 5 heteroatoms. The second-order valence-electron chi connectivity index (χ2n) is 4.63. The third kappa shape index (κ3) is 1.84. The van der Waals surface area contributed by atoms with Crippen molar-refractivity contribution in [2.45, 2.75) is 25.0 Å². The lowest BCUT2D eigenvalue weighted by atomic mass is 9.84. The number of hydrogen-bond acceptors (Lipinski definition) is 5. The van der Waals surface area contributed by atoms with Gasteiger partial charge in [-0.15, -0.1) is 0 Å². The zero-order chi connectivity index (χ0) is 13.3. The van der Waals surface area contributed by atoms with Crippen LogP contribution in [0.1, 0.15) is 17.5 Å². The van der Waals surface area contributed by atoms with Crippen LogP contribution in [-0.2, 0) is 10.3 Å². The summed E-state index contributed by atoms with van der Waals surface area (Å²) in [7, 11) is 1.54. The van der Waals surface area contributed by atoms with Crippen molar-refractivity contribution in [3.05, 3.63) is 23.3 Å². The van der Waals surface area contributed by atoms with Gasteiger partial charge in [-0.05, 0) is 31.5 Å². The molecule has 0 saturated carbocycles. The molecule has 0 radical (unpaired) electrons. The predicted octanol–water partition coefficient (Wildman–Crippen LogP) is 0.644. The van der Waals surface area contributed by atoms with Crippen LogP contribution in [0.4, 0.5) is 0 Å². The van der Waals surface area contributed by atoms with E-state index in [1.807, 2.05) is 6.92 Å². The van der Waals surface area contributed by atoms with Crippen molar-refractivity contribution < 1.29 is 19.7 Å². The summed E-state index contributed by atoms with van der Waals surface area (Å²) in [6.07, 6.45) is -0.189. The molecule has 0 bridgehead atoms. The molecule has 0 fully saturated rings. The quantitative estimate of drug-likeness (QED) is 0.733. The van der Waals surface area contributed by atoms with Gasteiger partial charge in [0.2, 0.25) is 0 Å². The van der Waals surface area contributed by atoms with Crippen molar-refractivity contribution in [2.24, 2.45) is 5.73 Å². The lowest BCUT2D eigenvalue weighted by Crippen LogP contribution is -2.42. The van der Waals surface area contributed by atoms with Crippen LogP contribution in [0.2, 0.25) is 0 Å². The fourth-order valence-corrected chi connectivity index (χ4v) is 2.56. The monoisotopic (exact) mass is 253 g/mol. The molecular weight excluding hydrogens is 234 g/mol. The molecule has 100 valence electrons. The minimum atomic E-state index is -1.21. The maximum absolute atomic E-state index is 10.8. The number of aliphatic hydroxyl groups is 1. The van der Waals surface area contributed by atoms with Crippen molar-refractivity contribution in [3.63, 3.8) is 0 Å². The third-order valence-electron chi connectivity index (χ3n) is 3.41. The maximum atomic E-state index is 10.8. The molecule has 0 aromatic heterocycles. The number of aryl methyl sites for hydroxylation is 1. The zero-order valence-corrected chi connectivity index (χ0v) is 10.6. The van der Waals surface area contributed by atoms with E-state index >= 15 is 0 Å². The SMILES string of the molecule is COC[C@@H]1Oc2c(O)ccc(C)c2C1(O)CCN. The van der Waals surface area contributed by atoms with Gasteiger partial charge in [0.05, 0.1) is 6.61 Å². The summed E-state index contributed by atoms with van der Waals surface area (Å²) in [6, 6.07) is 3.32. The van der Waals surface area contributed by atoms with E-state index < -0.39 is 11.7 Å². The van der Waals surface area contributed by atoms with Crippen molar-refractivity contribution in [2.75, 3.05) is 20.3 Å². The molecule has 1 aliphatic rings. The number of methoxy groups -OCH3 is 1. The third-order valence-corrected chi connectivity index (χ3v) is 3.41. The van der Waals surface area contributed by atoms with Crippen LogP contribution in [0.3, 0.4) is 0 Å². The minimum Gasteiger partial charge on any atom is -0.504 e. The van der Waals surface area contributed by atoms with E-state index in [2.05, 4.69) is 0 Å². The number of aromatic hydroxyl groups is 1. The molecule has 18 heavy (non-hydrogen) atoms. The molecular formula is C13H19NO4. The number of phenols is 1. The first kappa shape index (κ1) is 13.1. The Morgan fingerprint density at radius 1 is 1.50 bits per heavy atom. The Morgan fingerprint density at radius 2 is 2.22 bits per heavy atom. The normalized spacial score (nSPS) is 25.9. The Bertz CT molecular complexity index is 449. The molecule has 1 aromatic carbocycles. The van der Waals surface area contributed by atoms with Gasteiger partial charge in [-0.3, -0.25) is 0 Å². The van der Waals surface area contributed by atoms with E-state index in [0.717, 1.165) is 5.56 Å². The standard InChI is InChI=1S/C13H19NO4/c1-8-3-4-9(15)12-11(8)13(16,5-6-14)10(18-12)7-17-2/h3-4,10,15-16H,5-7,14H2,1-2H3/t10-,13?/m0/s1. The van der Waals surface area contributed by atoms with Gasteiger partial charge in [0.25, 0.3) is 0 Å². The highest BCUT2D eigenvalue weighted by atomic mass is 16.6. The van der Waals surface area contributed by atoms with Crippen molar-refractivity contribution >= 4 is 0 Å². The van der Waals surface area contributed by atoms with Crippen LogP contribution < -0.4 is 10.5 Å². The van der Waals surface area contributed by atoms with Gasteiger partial charge in [-0.25, -0.2) is 0 Å². The second kappa shape index (κ2) is 4.76. The summed E-state index contributed by atoms with van der Waals surface area (Å²) < 4.78 is 10.7. The molecule has 0 aliphatic carbocycles. The van der Waals surface area contributed by atoms with Gasteiger partial charge >= 0.3 is 0 Å². The Labute approximate surface area is 106 Å². The Balaban J connectivity index is 2.52. The first-order valence-corrected chi connectivity index (χ1v) is 5.95. The minimum absolute atomic E-state index is 0.0321. The van der Waals surface area contributed by atoms with Crippen LogP contribution in [0.15, 0.2) is 12.1 Å². The van der Waals surface area contributed by atoms with Gasteiger partial charge in [-0.1, -0.05) is 6.07 Å². The molecule has 2 atom stereocenters. The summed E-state index contributed by atoms with van der Waals surface area (Å²) in [6.45, 7) is 2.44. The average Bonchev–Trinajstić information content (AvgIpc) is 2.60. The Kier molecular flexibility index (Phi) is 3.47. The molecule has 1 aromatic rings. The molecule has 1 aliphatic heterocycles. The number of fused-ring (bicyclic) bond motifs is 1. The molecule has 1 unspecified atom stereocenters. The molecule has 0 amide bonds. The van der Waals surface area contributed by atoms with E-state index in [4.69, 9.17) is 15.2 Å². The molecule has 4 N–H and O–H groups in total. The fourth-order valence-electron chi connectivity index (χ4n) is 2.56. The molecule has 0 spiro atoms. The van der Waals surface area contributed by atoms with E-state index in [1.165, 1.54) is 0 Å². The largest absolute Gasteiger partial charge is 0.504 e. The van der Waals surface area contributed by atoms with Gasteiger partial charge < -0.3 is 25.4 Å². The lowest BCUT2D eigenvalue weighted by Gasteiger charge is -2.28. The maximum Gasteiger partial charge on any atom is 0.168 e. The van der Waals surface area contributed by atoms with Crippen molar-refractivity contribution in [1.82, 2.24) is 0 Å². The second-order valence-corrected chi connectivity index (χ2v) is 4.63. The average molecular weight is 253 g/mol. The first-order chi connectivity index (χ1) is 8.54. The summed E-state index contributed by atoms with van der Waals surface area (Å²) in [5.74, 6) is 0.373.